The topological polar surface area (TPSA) is 26.0 Å². The molecule has 2 rings (SSSR count). The second-order valence-electron chi connectivity index (χ2n) is 4.65. The fourth-order valence-corrected chi connectivity index (χ4v) is 3.47. The number of hydrogen-bond donors (Lipinski definition) is 1. The van der Waals surface area contributed by atoms with E-state index in [1.165, 1.54) is 41.9 Å². The van der Waals surface area contributed by atoms with E-state index in [4.69, 9.17) is 5.73 Å². The standard InChI is InChI=1S/C13H21NS/c1-2-11-7-8-13(15-11)12(14)9-10-5-3-4-6-10/h7-8,10,12H,2-6,9,14H2,1H3. The Morgan fingerprint density at radius 3 is 2.73 bits per heavy atom. The first-order valence-electron chi connectivity index (χ1n) is 6.13. The van der Waals surface area contributed by atoms with Crippen LogP contribution < -0.4 is 5.73 Å². The molecule has 1 fully saturated rings. The molecular weight excluding hydrogens is 202 g/mol. The Morgan fingerprint density at radius 1 is 1.40 bits per heavy atom. The van der Waals surface area contributed by atoms with Gasteiger partial charge in [0, 0.05) is 15.8 Å². The lowest BCUT2D eigenvalue weighted by molar-refractivity contribution is 0.454. The zero-order valence-electron chi connectivity index (χ0n) is 9.54. The Hall–Kier alpha value is -0.340. The summed E-state index contributed by atoms with van der Waals surface area (Å²) in [7, 11) is 0. The lowest BCUT2D eigenvalue weighted by Crippen LogP contribution is -2.12. The molecule has 0 spiro atoms. The largest absolute Gasteiger partial charge is 0.323 e. The van der Waals surface area contributed by atoms with E-state index in [-0.39, 0.29) is 0 Å². The zero-order valence-corrected chi connectivity index (χ0v) is 10.4. The summed E-state index contributed by atoms with van der Waals surface area (Å²) >= 11 is 1.90. The van der Waals surface area contributed by atoms with Crippen molar-refractivity contribution in [2.45, 2.75) is 51.5 Å². The SMILES string of the molecule is CCc1ccc(C(N)CC2CCCC2)s1. The maximum atomic E-state index is 6.25. The van der Waals surface area contributed by atoms with E-state index in [0.29, 0.717) is 6.04 Å². The molecule has 1 aromatic rings. The van der Waals surface area contributed by atoms with Gasteiger partial charge in [-0.2, -0.15) is 0 Å². The smallest absolute Gasteiger partial charge is 0.0392 e. The van der Waals surface area contributed by atoms with E-state index in [0.717, 1.165) is 12.3 Å². The maximum Gasteiger partial charge on any atom is 0.0392 e. The molecule has 2 heteroatoms. The highest BCUT2D eigenvalue weighted by atomic mass is 32.1. The number of hydrogen-bond acceptors (Lipinski definition) is 2. The molecule has 1 aliphatic rings. The third-order valence-corrected chi connectivity index (χ3v) is 4.82. The molecule has 1 aliphatic carbocycles. The van der Waals surface area contributed by atoms with Crippen molar-refractivity contribution in [2.24, 2.45) is 11.7 Å². The van der Waals surface area contributed by atoms with Crippen LogP contribution >= 0.6 is 11.3 Å². The number of nitrogens with two attached hydrogens (primary N) is 1. The molecule has 0 amide bonds. The van der Waals surface area contributed by atoms with Crippen LogP contribution in [0.3, 0.4) is 0 Å². The number of rotatable bonds is 4. The highest BCUT2D eigenvalue weighted by molar-refractivity contribution is 7.12. The van der Waals surface area contributed by atoms with Gasteiger partial charge in [0.2, 0.25) is 0 Å². The molecule has 0 aromatic carbocycles. The van der Waals surface area contributed by atoms with E-state index in [1.54, 1.807) is 0 Å². The summed E-state index contributed by atoms with van der Waals surface area (Å²) in [6.45, 7) is 2.21. The second kappa shape index (κ2) is 5.13. The Bertz CT molecular complexity index is 299. The molecule has 0 aliphatic heterocycles. The lowest BCUT2D eigenvalue weighted by atomic mass is 9.98. The van der Waals surface area contributed by atoms with Gasteiger partial charge < -0.3 is 5.73 Å². The summed E-state index contributed by atoms with van der Waals surface area (Å²) in [6, 6.07) is 4.75. The van der Waals surface area contributed by atoms with E-state index in [2.05, 4.69) is 19.1 Å². The molecule has 0 bridgehead atoms. The maximum absolute atomic E-state index is 6.25. The van der Waals surface area contributed by atoms with Crippen LogP contribution in [0.5, 0.6) is 0 Å². The van der Waals surface area contributed by atoms with Crippen LogP contribution in [0, 0.1) is 5.92 Å². The average Bonchev–Trinajstić information content (AvgIpc) is 2.86. The van der Waals surface area contributed by atoms with Gasteiger partial charge >= 0.3 is 0 Å². The highest BCUT2D eigenvalue weighted by Crippen LogP contribution is 2.33. The van der Waals surface area contributed by atoms with Gasteiger partial charge in [0.1, 0.15) is 0 Å². The summed E-state index contributed by atoms with van der Waals surface area (Å²) in [5.41, 5.74) is 6.25. The monoisotopic (exact) mass is 223 g/mol. The lowest BCUT2D eigenvalue weighted by Gasteiger charge is -2.14. The molecule has 0 radical (unpaired) electrons. The van der Waals surface area contributed by atoms with Crippen molar-refractivity contribution >= 4 is 11.3 Å². The van der Waals surface area contributed by atoms with Gasteiger partial charge in [0.15, 0.2) is 0 Å². The normalized spacial score (nSPS) is 19.6. The molecule has 1 heterocycles. The van der Waals surface area contributed by atoms with E-state index in [1.807, 2.05) is 11.3 Å². The minimum atomic E-state index is 0.290. The first-order chi connectivity index (χ1) is 7.29. The van der Waals surface area contributed by atoms with Gasteiger partial charge in [-0.05, 0) is 30.9 Å². The van der Waals surface area contributed by atoms with Crippen LogP contribution in [0.25, 0.3) is 0 Å². The van der Waals surface area contributed by atoms with E-state index in [9.17, 15) is 0 Å². The van der Waals surface area contributed by atoms with Crippen LogP contribution in [0.2, 0.25) is 0 Å². The summed E-state index contributed by atoms with van der Waals surface area (Å²) in [6.07, 6.45) is 7.98. The van der Waals surface area contributed by atoms with Crippen molar-refractivity contribution in [2.75, 3.05) is 0 Å². The van der Waals surface area contributed by atoms with E-state index < -0.39 is 0 Å². The summed E-state index contributed by atoms with van der Waals surface area (Å²) in [5, 5.41) is 0. The van der Waals surface area contributed by atoms with Gasteiger partial charge in [-0.15, -0.1) is 11.3 Å². The van der Waals surface area contributed by atoms with Crippen molar-refractivity contribution in [3.8, 4) is 0 Å². The first kappa shape index (κ1) is 11.2. The van der Waals surface area contributed by atoms with E-state index >= 15 is 0 Å². The zero-order chi connectivity index (χ0) is 10.7. The molecular formula is C13H21NS. The van der Waals surface area contributed by atoms with Crippen molar-refractivity contribution in [1.29, 1.82) is 0 Å². The molecule has 0 saturated heterocycles. The van der Waals surface area contributed by atoms with Gasteiger partial charge in [-0.1, -0.05) is 32.6 Å². The Kier molecular flexibility index (Phi) is 3.81. The van der Waals surface area contributed by atoms with Crippen molar-refractivity contribution in [3.05, 3.63) is 21.9 Å². The Balaban J connectivity index is 1.91. The Labute approximate surface area is 96.7 Å². The van der Waals surface area contributed by atoms with Crippen LogP contribution in [-0.2, 0) is 6.42 Å². The third kappa shape index (κ3) is 2.82. The minimum absolute atomic E-state index is 0.290. The van der Waals surface area contributed by atoms with Crippen molar-refractivity contribution in [1.82, 2.24) is 0 Å². The highest BCUT2D eigenvalue weighted by Gasteiger charge is 2.19. The molecule has 1 aromatic heterocycles. The summed E-state index contributed by atoms with van der Waals surface area (Å²) in [5.74, 6) is 0.896. The van der Waals surface area contributed by atoms with Crippen LogP contribution in [-0.4, -0.2) is 0 Å². The van der Waals surface area contributed by atoms with Crippen LogP contribution in [0.4, 0.5) is 0 Å². The van der Waals surface area contributed by atoms with Gasteiger partial charge in [0.25, 0.3) is 0 Å². The fourth-order valence-electron chi connectivity index (χ4n) is 2.51. The molecule has 1 unspecified atom stereocenters. The van der Waals surface area contributed by atoms with Gasteiger partial charge in [-0.25, -0.2) is 0 Å². The Morgan fingerprint density at radius 2 is 2.13 bits per heavy atom. The predicted octanol–water partition coefficient (Wildman–Crippen LogP) is 3.89. The third-order valence-electron chi connectivity index (χ3n) is 3.46. The van der Waals surface area contributed by atoms with Gasteiger partial charge in [0.05, 0.1) is 0 Å². The average molecular weight is 223 g/mol. The molecule has 2 N–H and O–H groups in total. The predicted molar refractivity (Wildman–Crippen MR) is 67.2 cm³/mol. The van der Waals surface area contributed by atoms with Crippen LogP contribution in [0.1, 0.15) is 54.8 Å². The molecule has 1 saturated carbocycles. The van der Waals surface area contributed by atoms with Gasteiger partial charge in [-0.3, -0.25) is 0 Å². The molecule has 84 valence electrons. The quantitative estimate of drug-likeness (QED) is 0.823. The molecule has 1 atom stereocenters. The summed E-state index contributed by atoms with van der Waals surface area (Å²) < 4.78 is 0. The molecule has 15 heavy (non-hydrogen) atoms. The second-order valence-corrected chi connectivity index (χ2v) is 5.85. The minimum Gasteiger partial charge on any atom is -0.323 e. The van der Waals surface area contributed by atoms with Crippen molar-refractivity contribution in [3.63, 3.8) is 0 Å². The summed E-state index contributed by atoms with van der Waals surface area (Å²) in [4.78, 5) is 2.85. The fraction of sp³-hybridized carbons (Fsp3) is 0.692. The number of thiophene rings is 1. The van der Waals surface area contributed by atoms with Crippen LogP contribution in [0.15, 0.2) is 12.1 Å². The molecule has 1 nitrogen and oxygen atoms in total. The number of aryl methyl sites for hydroxylation is 1. The van der Waals surface area contributed by atoms with Crippen molar-refractivity contribution < 1.29 is 0 Å². The first-order valence-corrected chi connectivity index (χ1v) is 6.95.